The zero-order chi connectivity index (χ0) is 25.1. The van der Waals surface area contributed by atoms with E-state index in [9.17, 15) is 4.79 Å². The van der Waals surface area contributed by atoms with Crippen LogP contribution in [-0.4, -0.2) is 12.1 Å². The molecular weight excluding hydrogens is 463 g/mol. The molecule has 0 fully saturated rings. The minimum atomic E-state index is -1.82. The van der Waals surface area contributed by atoms with Crippen LogP contribution in [0.15, 0.2) is 120 Å². The van der Waals surface area contributed by atoms with Gasteiger partial charge in [-0.05, 0) is 73.3 Å². The van der Waals surface area contributed by atoms with Gasteiger partial charge in [0, 0.05) is 22.7 Å². The standard InChI is InChI=1S/C30H29N4OP/c31-34-33-26-22-20-25(21-23-26)32-30(35)19-11-4-12-24-36(27-13-5-1-6-14-27,28-15-7-2-8-16-28)29-17-9-3-10-18-29/h1-3,5-10,13-18,20-23H,4,11-12,19,24H2/p+1. The average molecular weight is 494 g/mol. The molecule has 0 unspecified atom stereocenters. The maximum absolute atomic E-state index is 12.5. The van der Waals surface area contributed by atoms with Crippen molar-refractivity contribution in [3.8, 4) is 0 Å². The molecule has 4 aromatic rings. The second-order valence-electron chi connectivity index (χ2n) is 8.64. The smallest absolute Gasteiger partial charge is 0.224 e. The summed E-state index contributed by atoms with van der Waals surface area (Å²) < 4.78 is 0. The normalized spacial score (nSPS) is 10.9. The lowest BCUT2D eigenvalue weighted by atomic mass is 10.2. The van der Waals surface area contributed by atoms with Gasteiger partial charge in [0.15, 0.2) is 0 Å². The molecule has 0 aromatic heterocycles. The maximum Gasteiger partial charge on any atom is 0.224 e. The first kappa shape index (κ1) is 25.2. The number of benzene rings is 4. The van der Waals surface area contributed by atoms with Crippen molar-refractivity contribution in [3.05, 3.63) is 126 Å². The number of carbonyl (C=O) groups excluding carboxylic acids is 1. The summed E-state index contributed by atoms with van der Waals surface area (Å²) in [5.74, 6) is 0.00164. The molecule has 0 aliphatic heterocycles. The highest BCUT2D eigenvalue weighted by atomic mass is 31.2. The Morgan fingerprint density at radius 2 is 1.19 bits per heavy atom. The monoisotopic (exact) mass is 493 g/mol. The van der Waals surface area contributed by atoms with E-state index in [2.05, 4.69) is 106 Å². The van der Waals surface area contributed by atoms with E-state index < -0.39 is 7.26 Å². The van der Waals surface area contributed by atoms with E-state index in [1.54, 1.807) is 24.3 Å². The number of nitrogens with one attached hydrogen (secondary N) is 1. The third kappa shape index (κ3) is 6.20. The molecule has 4 aromatic carbocycles. The molecular formula is C30H30N4OP+. The van der Waals surface area contributed by atoms with E-state index >= 15 is 0 Å². The SMILES string of the molecule is [N-]=[N+]=Nc1ccc(NC(=O)CCCCC[P+](c2ccccc2)(c2ccccc2)c2ccccc2)cc1. The molecule has 4 rings (SSSR count). The maximum atomic E-state index is 12.5. The van der Waals surface area contributed by atoms with Gasteiger partial charge < -0.3 is 5.32 Å². The molecule has 5 nitrogen and oxygen atoms in total. The number of amides is 1. The highest BCUT2D eigenvalue weighted by molar-refractivity contribution is 7.95. The summed E-state index contributed by atoms with van der Waals surface area (Å²) in [6, 6.07) is 39.6. The molecule has 0 atom stereocenters. The van der Waals surface area contributed by atoms with Gasteiger partial charge in [0.25, 0.3) is 0 Å². The lowest BCUT2D eigenvalue weighted by Gasteiger charge is -2.27. The molecule has 6 heteroatoms. The molecule has 1 N–H and O–H groups in total. The van der Waals surface area contributed by atoms with E-state index in [-0.39, 0.29) is 5.91 Å². The fraction of sp³-hybridized carbons (Fsp3) is 0.167. The molecule has 0 heterocycles. The predicted molar refractivity (Wildman–Crippen MR) is 152 cm³/mol. The molecule has 0 radical (unpaired) electrons. The third-order valence-electron chi connectivity index (χ3n) is 6.30. The first-order chi connectivity index (χ1) is 17.7. The first-order valence-corrected chi connectivity index (χ1v) is 14.2. The van der Waals surface area contributed by atoms with Crippen LogP contribution in [0.1, 0.15) is 25.7 Å². The van der Waals surface area contributed by atoms with Gasteiger partial charge in [-0.3, -0.25) is 4.79 Å². The van der Waals surface area contributed by atoms with Crippen molar-refractivity contribution in [3.63, 3.8) is 0 Å². The number of hydrogen-bond acceptors (Lipinski definition) is 2. The molecule has 180 valence electrons. The Balaban J connectivity index is 1.44. The first-order valence-electron chi connectivity index (χ1n) is 12.2. The van der Waals surface area contributed by atoms with Crippen molar-refractivity contribution in [2.75, 3.05) is 11.5 Å². The van der Waals surface area contributed by atoms with Gasteiger partial charge in [0.05, 0.1) is 6.16 Å². The molecule has 0 aliphatic rings. The summed E-state index contributed by atoms with van der Waals surface area (Å²) in [7, 11) is -1.82. The van der Waals surface area contributed by atoms with E-state index in [1.165, 1.54) is 15.9 Å². The fourth-order valence-corrected chi connectivity index (χ4v) is 8.99. The molecule has 0 saturated carbocycles. The zero-order valence-corrected chi connectivity index (χ0v) is 21.1. The van der Waals surface area contributed by atoms with Crippen molar-refractivity contribution in [1.82, 2.24) is 0 Å². The van der Waals surface area contributed by atoms with Crippen molar-refractivity contribution in [2.24, 2.45) is 5.11 Å². The lowest BCUT2D eigenvalue weighted by Crippen LogP contribution is -2.33. The van der Waals surface area contributed by atoms with Gasteiger partial charge in [0.1, 0.15) is 23.2 Å². The van der Waals surface area contributed by atoms with Crippen LogP contribution in [-0.2, 0) is 4.79 Å². The van der Waals surface area contributed by atoms with Gasteiger partial charge in [0.2, 0.25) is 5.91 Å². The quantitative estimate of drug-likeness (QED) is 0.0780. The molecule has 0 spiro atoms. The Morgan fingerprint density at radius 3 is 1.67 bits per heavy atom. The van der Waals surface area contributed by atoms with E-state index in [0.717, 1.165) is 25.4 Å². The van der Waals surface area contributed by atoms with Gasteiger partial charge in [-0.2, -0.15) is 0 Å². The minimum Gasteiger partial charge on any atom is -0.326 e. The fourth-order valence-electron chi connectivity index (χ4n) is 4.58. The van der Waals surface area contributed by atoms with Crippen LogP contribution >= 0.6 is 7.26 Å². The van der Waals surface area contributed by atoms with Crippen molar-refractivity contribution in [1.29, 1.82) is 0 Å². The number of azide groups is 1. The summed E-state index contributed by atoms with van der Waals surface area (Å²) in [5.41, 5.74) is 9.74. The summed E-state index contributed by atoms with van der Waals surface area (Å²) in [6.07, 6.45) is 4.40. The van der Waals surface area contributed by atoms with Crippen LogP contribution in [0.2, 0.25) is 0 Å². The minimum absolute atomic E-state index is 0.00164. The van der Waals surface area contributed by atoms with Gasteiger partial charge >= 0.3 is 0 Å². The summed E-state index contributed by atoms with van der Waals surface area (Å²) in [5, 5.41) is 10.7. The second kappa shape index (κ2) is 12.7. The number of unbranched alkanes of at least 4 members (excludes halogenated alkanes) is 2. The van der Waals surface area contributed by atoms with Gasteiger partial charge in [-0.15, -0.1) is 0 Å². The van der Waals surface area contributed by atoms with Crippen LogP contribution in [0, 0.1) is 0 Å². The number of rotatable bonds is 11. The van der Waals surface area contributed by atoms with Crippen LogP contribution < -0.4 is 21.2 Å². The van der Waals surface area contributed by atoms with Crippen molar-refractivity contribution < 1.29 is 4.79 Å². The predicted octanol–water partition coefficient (Wildman–Crippen LogP) is 7.12. The molecule has 36 heavy (non-hydrogen) atoms. The Morgan fingerprint density at radius 1 is 0.694 bits per heavy atom. The number of carbonyl (C=O) groups is 1. The molecule has 1 amide bonds. The number of anilines is 1. The summed E-state index contributed by atoms with van der Waals surface area (Å²) in [4.78, 5) is 15.2. The van der Waals surface area contributed by atoms with Crippen LogP contribution in [0.5, 0.6) is 0 Å². The molecule has 0 bridgehead atoms. The molecule has 0 aliphatic carbocycles. The number of hydrogen-bond donors (Lipinski definition) is 1. The Hall–Kier alpha value is -3.91. The van der Waals surface area contributed by atoms with Crippen LogP contribution in [0.4, 0.5) is 11.4 Å². The highest BCUT2D eigenvalue weighted by Gasteiger charge is 2.44. The topological polar surface area (TPSA) is 77.9 Å². The van der Waals surface area contributed by atoms with E-state index in [4.69, 9.17) is 5.53 Å². The zero-order valence-electron chi connectivity index (χ0n) is 20.2. The third-order valence-corrected chi connectivity index (χ3v) is 10.8. The van der Waals surface area contributed by atoms with E-state index in [1.807, 2.05) is 0 Å². The average Bonchev–Trinajstić information content (AvgIpc) is 2.93. The molecule has 0 saturated heterocycles. The van der Waals surface area contributed by atoms with Crippen LogP contribution in [0.25, 0.3) is 10.4 Å². The van der Waals surface area contributed by atoms with E-state index in [0.29, 0.717) is 17.8 Å². The van der Waals surface area contributed by atoms with Crippen molar-refractivity contribution in [2.45, 2.75) is 25.7 Å². The number of nitrogens with zero attached hydrogens (tertiary/aromatic N) is 3. The summed E-state index contributed by atoms with van der Waals surface area (Å²) in [6.45, 7) is 0. The Labute approximate surface area is 213 Å². The lowest BCUT2D eigenvalue weighted by molar-refractivity contribution is -0.116. The largest absolute Gasteiger partial charge is 0.326 e. The van der Waals surface area contributed by atoms with Gasteiger partial charge in [-0.25, -0.2) is 0 Å². The highest BCUT2D eigenvalue weighted by Crippen LogP contribution is 2.55. The Bertz CT molecular complexity index is 1190. The van der Waals surface area contributed by atoms with Crippen LogP contribution in [0.3, 0.4) is 0 Å². The van der Waals surface area contributed by atoms with Crippen molar-refractivity contribution >= 4 is 40.5 Å². The van der Waals surface area contributed by atoms with Gasteiger partial charge in [-0.1, -0.05) is 71.8 Å². The second-order valence-corrected chi connectivity index (χ2v) is 12.3. The summed E-state index contributed by atoms with van der Waals surface area (Å²) >= 11 is 0. The Kier molecular flexibility index (Phi) is 8.88.